The first-order valence-electron chi connectivity index (χ1n) is 10.9. The third-order valence-electron chi connectivity index (χ3n) is 5.83. The molecule has 5 nitrogen and oxygen atoms in total. The number of hydrogen-bond acceptors (Lipinski definition) is 5. The fourth-order valence-corrected chi connectivity index (χ4v) is 5.72. The highest BCUT2D eigenvalue weighted by Crippen LogP contribution is 2.42. The molecule has 174 valence electrons. The minimum atomic E-state index is -1.38. The van der Waals surface area contributed by atoms with E-state index in [0.717, 1.165) is 28.7 Å². The molecule has 0 radical (unpaired) electrons. The smallest absolute Gasteiger partial charge is 0.262 e. The van der Waals surface area contributed by atoms with Crippen LogP contribution in [-0.2, 0) is 5.60 Å². The van der Waals surface area contributed by atoms with E-state index in [1.165, 1.54) is 18.3 Å². The summed E-state index contributed by atoms with van der Waals surface area (Å²) in [5, 5.41) is 14.0. The molecule has 2 N–H and O–H groups in total. The molecule has 8 heteroatoms. The number of aromatic nitrogens is 1. The summed E-state index contributed by atoms with van der Waals surface area (Å²) >= 11 is 1.15. The lowest BCUT2D eigenvalue weighted by atomic mass is 9.95. The molecule has 0 spiro atoms. The highest BCUT2D eigenvalue weighted by molar-refractivity contribution is 7.21. The number of amides is 1. The first-order chi connectivity index (χ1) is 16.2. The van der Waals surface area contributed by atoms with Gasteiger partial charge in [-0.3, -0.25) is 9.78 Å². The minimum absolute atomic E-state index is 0.248. The molecule has 0 aliphatic carbocycles. The van der Waals surface area contributed by atoms with Crippen molar-refractivity contribution in [2.24, 2.45) is 0 Å². The van der Waals surface area contributed by atoms with Gasteiger partial charge in [0.2, 0.25) is 0 Å². The second-order valence-corrected chi connectivity index (χ2v) is 9.78. The fraction of sp³-hybridized carbons (Fsp3) is 0.231. The molecule has 34 heavy (non-hydrogen) atoms. The van der Waals surface area contributed by atoms with Crippen molar-refractivity contribution in [3.05, 3.63) is 82.4 Å². The van der Waals surface area contributed by atoms with E-state index >= 15 is 0 Å². The Kier molecular flexibility index (Phi) is 5.58. The Bertz CT molecular complexity index is 1390. The Morgan fingerprint density at radius 1 is 1.18 bits per heavy atom. The number of halogens is 2. The SMILES string of the molecule is CC(C)(O)c1c(C(=O)N[C@H]2CCOc3ccccc32)sc2c(-c3cc(F)cc(F)c3)ccnc12. The van der Waals surface area contributed by atoms with E-state index in [0.29, 0.717) is 44.8 Å². The largest absolute Gasteiger partial charge is 0.493 e. The van der Waals surface area contributed by atoms with E-state index in [1.54, 1.807) is 19.9 Å². The number of carbonyl (C=O) groups is 1. The maximum absolute atomic E-state index is 13.9. The number of fused-ring (bicyclic) bond motifs is 2. The summed E-state index contributed by atoms with van der Waals surface area (Å²) in [5.74, 6) is -1.01. The van der Waals surface area contributed by atoms with Gasteiger partial charge in [0.05, 0.1) is 28.5 Å². The van der Waals surface area contributed by atoms with Gasteiger partial charge < -0.3 is 15.2 Å². The number of thiophene rings is 1. The number of pyridine rings is 1. The lowest BCUT2D eigenvalue weighted by molar-refractivity contribution is 0.0760. The van der Waals surface area contributed by atoms with Crippen LogP contribution in [0.1, 0.15) is 47.1 Å². The van der Waals surface area contributed by atoms with Crippen molar-refractivity contribution in [3.8, 4) is 16.9 Å². The van der Waals surface area contributed by atoms with Gasteiger partial charge in [-0.1, -0.05) is 18.2 Å². The molecular weight excluding hydrogens is 458 g/mol. The first kappa shape index (κ1) is 22.4. The second kappa shape index (κ2) is 8.45. The van der Waals surface area contributed by atoms with Crippen LogP contribution in [0.3, 0.4) is 0 Å². The quantitative estimate of drug-likeness (QED) is 0.392. The van der Waals surface area contributed by atoms with Crippen LogP contribution in [0.4, 0.5) is 8.78 Å². The molecule has 0 saturated carbocycles. The second-order valence-electron chi connectivity index (χ2n) is 8.76. The normalized spacial score (nSPS) is 15.6. The van der Waals surface area contributed by atoms with Gasteiger partial charge in [0, 0.05) is 35.4 Å². The predicted molar refractivity (Wildman–Crippen MR) is 127 cm³/mol. The average Bonchev–Trinajstić information content (AvgIpc) is 3.19. The molecule has 4 aromatic rings. The summed E-state index contributed by atoms with van der Waals surface area (Å²) in [6.07, 6.45) is 2.12. The molecule has 2 aromatic heterocycles. The number of ether oxygens (including phenoxy) is 1. The number of hydrogen-bond donors (Lipinski definition) is 2. The van der Waals surface area contributed by atoms with Gasteiger partial charge in [0.25, 0.3) is 5.91 Å². The summed E-state index contributed by atoms with van der Waals surface area (Å²) in [4.78, 5) is 18.3. The predicted octanol–water partition coefficient (Wildman–Crippen LogP) is 5.72. The zero-order valence-corrected chi connectivity index (χ0v) is 19.4. The van der Waals surface area contributed by atoms with Gasteiger partial charge >= 0.3 is 0 Å². The Balaban J connectivity index is 1.62. The van der Waals surface area contributed by atoms with E-state index < -0.39 is 17.2 Å². The van der Waals surface area contributed by atoms with Crippen LogP contribution in [0.5, 0.6) is 5.75 Å². The van der Waals surface area contributed by atoms with Crippen LogP contribution < -0.4 is 10.1 Å². The summed E-state index contributed by atoms with van der Waals surface area (Å²) in [6, 6.07) is 12.2. The van der Waals surface area contributed by atoms with Crippen molar-refractivity contribution < 1.29 is 23.4 Å². The Morgan fingerprint density at radius 2 is 1.91 bits per heavy atom. The Morgan fingerprint density at radius 3 is 2.65 bits per heavy atom. The third kappa shape index (κ3) is 4.03. The van der Waals surface area contributed by atoms with Crippen molar-refractivity contribution in [2.45, 2.75) is 31.9 Å². The third-order valence-corrected chi connectivity index (χ3v) is 7.04. The zero-order chi connectivity index (χ0) is 24.0. The number of aliphatic hydroxyl groups is 1. The molecule has 0 unspecified atom stereocenters. The van der Waals surface area contributed by atoms with Gasteiger partial charge in [-0.15, -0.1) is 11.3 Å². The summed E-state index contributed by atoms with van der Waals surface area (Å²) < 4.78 is 34.1. The van der Waals surface area contributed by atoms with Gasteiger partial charge in [-0.25, -0.2) is 8.78 Å². The van der Waals surface area contributed by atoms with Crippen LogP contribution in [0.15, 0.2) is 54.7 Å². The van der Waals surface area contributed by atoms with E-state index in [-0.39, 0.29) is 11.9 Å². The van der Waals surface area contributed by atoms with Crippen molar-refractivity contribution in [1.82, 2.24) is 10.3 Å². The molecule has 0 saturated heterocycles. The first-order valence-corrected chi connectivity index (χ1v) is 11.7. The summed E-state index contributed by atoms with van der Waals surface area (Å²) in [5.41, 5.74) is 1.19. The molecule has 1 amide bonds. The van der Waals surface area contributed by atoms with Gasteiger partial charge in [0.15, 0.2) is 0 Å². The van der Waals surface area contributed by atoms with Gasteiger partial charge in [-0.2, -0.15) is 0 Å². The van der Waals surface area contributed by atoms with Crippen molar-refractivity contribution in [3.63, 3.8) is 0 Å². The molecule has 0 bridgehead atoms. The van der Waals surface area contributed by atoms with Crippen LogP contribution in [0, 0.1) is 11.6 Å². The molecule has 0 fully saturated rings. The van der Waals surface area contributed by atoms with E-state index in [4.69, 9.17) is 4.74 Å². The number of rotatable bonds is 4. The Hall–Kier alpha value is -3.36. The fourth-order valence-electron chi connectivity index (χ4n) is 4.37. The number of para-hydroxylation sites is 1. The maximum atomic E-state index is 13.9. The van der Waals surface area contributed by atoms with Crippen molar-refractivity contribution in [2.75, 3.05) is 6.61 Å². The lowest BCUT2D eigenvalue weighted by Crippen LogP contribution is -2.33. The maximum Gasteiger partial charge on any atom is 0.262 e. The Labute approximate surface area is 199 Å². The topological polar surface area (TPSA) is 71.5 Å². The van der Waals surface area contributed by atoms with Crippen LogP contribution >= 0.6 is 11.3 Å². The van der Waals surface area contributed by atoms with Crippen molar-refractivity contribution >= 4 is 27.5 Å². The molecule has 5 rings (SSSR count). The van der Waals surface area contributed by atoms with E-state index in [1.807, 2.05) is 24.3 Å². The number of carbonyl (C=O) groups excluding carboxylic acids is 1. The van der Waals surface area contributed by atoms with Crippen LogP contribution in [0.25, 0.3) is 21.3 Å². The van der Waals surface area contributed by atoms with Crippen LogP contribution in [0.2, 0.25) is 0 Å². The molecule has 1 atom stereocenters. The summed E-state index contributed by atoms with van der Waals surface area (Å²) in [7, 11) is 0. The van der Waals surface area contributed by atoms with E-state index in [9.17, 15) is 18.7 Å². The van der Waals surface area contributed by atoms with Gasteiger partial charge in [0.1, 0.15) is 22.3 Å². The highest BCUT2D eigenvalue weighted by atomic mass is 32.1. The molecule has 1 aliphatic heterocycles. The lowest BCUT2D eigenvalue weighted by Gasteiger charge is -2.27. The molecule has 2 aromatic carbocycles. The monoisotopic (exact) mass is 480 g/mol. The highest BCUT2D eigenvalue weighted by Gasteiger charge is 2.32. The van der Waals surface area contributed by atoms with Crippen molar-refractivity contribution in [1.29, 1.82) is 0 Å². The molecule has 1 aliphatic rings. The van der Waals surface area contributed by atoms with Crippen LogP contribution in [-0.4, -0.2) is 22.6 Å². The minimum Gasteiger partial charge on any atom is -0.493 e. The number of nitrogens with one attached hydrogen (secondary N) is 1. The van der Waals surface area contributed by atoms with Gasteiger partial charge in [-0.05, 0) is 43.7 Å². The zero-order valence-electron chi connectivity index (χ0n) is 18.6. The number of nitrogens with zero attached hydrogens (tertiary/aromatic N) is 1. The number of benzene rings is 2. The standard InChI is InChI=1S/C26H22F2N2O3S/c1-26(2,32)21-22-23(17(7-9-29-22)14-11-15(27)13-16(28)12-14)34-24(21)25(31)30-19-8-10-33-20-6-4-3-5-18(19)20/h3-7,9,11-13,19,32H,8,10H2,1-2H3,(H,30,31)/t19-/m0/s1. The average molecular weight is 481 g/mol. The molecular formula is C26H22F2N2O3S. The van der Waals surface area contributed by atoms with E-state index in [2.05, 4.69) is 10.3 Å². The summed E-state index contributed by atoms with van der Waals surface area (Å²) in [6.45, 7) is 3.65. The molecule has 3 heterocycles.